The highest BCUT2D eigenvalue weighted by molar-refractivity contribution is 5.94. The molecule has 1 aliphatic heterocycles. The highest BCUT2D eigenvalue weighted by Crippen LogP contribution is 2.32. The van der Waals surface area contributed by atoms with E-state index in [1.54, 1.807) is 12.1 Å². The number of nitrogens with one attached hydrogen (secondary N) is 1. The number of hydrogen-bond donors (Lipinski definition) is 1. The molecule has 7 nitrogen and oxygen atoms in total. The summed E-state index contributed by atoms with van der Waals surface area (Å²) in [5.41, 5.74) is 1.19. The summed E-state index contributed by atoms with van der Waals surface area (Å²) in [6.07, 6.45) is 0. The lowest BCUT2D eigenvalue weighted by Gasteiger charge is -2.06. The van der Waals surface area contributed by atoms with Crippen molar-refractivity contribution in [2.45, 2.75) is 6.54 Å². The predicted molar refractivity (Wildman–Crippen MR) is 76.8 cm³/mol. The maximum Gasteiger partial charge on any atom is 0.269 e. The molecule has 0 saturated heterocycles. The Morgan fingerprint density at radius 3 is 2.59 bits per heavy atom. The van der Waals surface area contributed by atoms with Gasteiger partial charge in [0, 0.05) is 24.2 Å². The number of non-ortho nitro benzene ring substituents is 1. The first-order valence-electron chi connectivity index (χ1n) is 6.54. The minimum atomic E-state index is -0.506. The van der Waals surface area contributed by atoms with E-state index < -0.39 is 4.92 Å². The fourth-order valence-corrected chi connectivity index (χ4v) is 2.07. The number of ether oxygens (including phenoxy) is 2. The molecule has 0 unspecified atom stereocenters. The minimum Gasteiger partial charge on any atom is -0.454 e. The molecule has 0 atom stereocenters. The van der Waals surface area contributed by atoms with Crippen LogP contribution >= 0.6 is 0 Å². The number of benzene rings is 2. The van der Waals surface area contributed by atoms with Gasteiger partial charge in [0.25, 0.3) is 11.6 Å². The van der Waals surface area contributed by atoms with Gasteiger partial charge in [0.15, 0.2) is 11.5 Å². The van der Waals surface area contributed by atoms with E-state index in [1.807, 2.05) is 6.07 Å². The molecule has 112 valence electrons. The van der Waals surface area contributed by atoms with E-state index in [0.29, 0.717) is 23.6 Å². The Morgan fingerprint density at radius 1 is 1.14 bits per heavy atom. The van der Waals surface area contributed by atoms with Gasteiger partial charge in [-0.1, -0.05) is 6.07 Å². The Balaban J connectivity index is 1.63. The molecular weight excluding hydrogens is 288 g/mol. The monoisotopic (exact) mass is 300 g/mol. The standard InChI is InChI=1S/C15H12N2O5/c18-15(11-2-4-12(5-3-11)17(19)20)16-8-10-1-6-13-14(7-10)22-9-21-13/h1-7H,8-9H2,(H,16,18). The van der Waals surface area contributed by atoms with E-state index in [-0.39, 0.29) is 18.4 Å². The summed E-state index contributed by atoms with van der Waals surface area (Å²) in [6.45, 7) is 0.528. The van der Waals surface area contributed by atoms with Crippen LogP contribution in [0.2, 0.25) is 0 Å². The van der Waals surface area contributed by atoms with Gasteiger partial charge in [-0.2, -0.15) is 0 Å². The highest BCUT2D eigenvalue weighted by Gasteiger charge is 2.14. The second-order valence-electron chi connectivity index (χ2n) is 4.67. The molecule has 1 amide bonds. The molecule has 0 saturated carbocycles. The average molecular weight is 300 g/mol. The molecule has 1 aliphatic rings. The number of fused-ring (bicyclic) bond motifs is 1. The molecule has 0 aliphatic carbocycles. The maximum absolute atomic E-state index is 12.0. The maximum atomic E-state index is 12.0. The molecule has 2 aromatic rings. The number of nitro benzene ring substituents is 1. The lowest BCUT2D eigenvalue weighted by atomic mass is 10.1. The first-order chi connectivity index (χ1) is 10.6. The first kappa shape index (κ1) is 13.9. The van der Waals surface area contributed by atoms with Gasteiger partial charge in [-0.3, -0.25) is 14.9 Å². The molecule has 0 spiro atoms. The van der Waals surface area contributed by atoms with Crippen LogP contribution in [0.1, 0.15) is 15.9 Å². The minimum absolute atomic E-state index is 0.0488. The molecule has 0 radical (unpaired) electrons. The Bertz CT molecular complexity index is 727. The van der Waals surface area contributed by atoms with Crippen molar-refractivity contribution in [1.82, 2.24) is 5.32 Å². The van der Waals surface area contributed by atoms with Crippen molar-refractivity contribution < 1.29 is 19.2 Å². The third-order valence-corrected chi connectivity index (χ3v) is 3.23. The van der Waals surface area contributed by atoms with Crippen LogP contribution in [0.25, 0.3) is 0 Å². The number of hydrogen-bond acceptors (Lipinski definition) is 5. The van der Waals surface area contributed by atoms with Crippen LogP contribution in [0.3, 0.4) is 0 Å². The SMILES string of the molecule is O=C(NCc1ccc2c(c1)OCO2)c1ccc([N+](=O)[O-])cc1. The number of rotatable bonds is 4. The Morgan fingerprint density at radius 2 is 1.86 bits per heavy atom. The Kier molecular flexibility index (Phi) is 3.61. The zero-order valence-corrected chi connectivity index (χ0v) is 11.4. The summed E-state index contributed by atoms with van der Waals surface area (Å²) < 4.78 is 10.5. The van der Waals surface area contributed by atoms with Crippen LogP contribution in [-0.2, 0) is 6.54 Å². The van der Waals surface area contributed by atoms with Crippen LogP contribution in [0.5, 0.6) is 11.5 Å². The Labute approximate surface area is 125 Å². The average Bonchev–Trinajstić information content (AvgIpc) is 3.00. The summed E-state index contributed by atoms with van der Waals surface area (Å²) in [7, 11) is 0. The van der Waals surface area contributed by atoms with Gasteiger partial charge in [0.2, 0.25) is 6.79 Å². The third-order valence-electron chi connectivity index (χ3n) is 3.23. The topological polar surface area (TPSA) is 90.7 Å². The number of carbonyl (C=O) groups excluding carboxylic acids is 1. The normalized spacial score (nSPS) is 12.0. The zero-order chi connectivity index (χ0) is 15.5. The molecule has 3 rings (SSSR count). The van der Waals surface area contributed by atoms with E-state index in [9.17, 15) is 14.9 Å². The molecule has 22 heavy (non-hydrogen) atoms. The largest absolute Gasteiger partial charge is 0.454 e. The van der Waals surface area contributed by atoms with Crippen LogP contribution in [0, 0.1) is 10.1 Å². The number of carbonyl (C=O) groups is 1. The van der Waals surface area contributed by atoms with Crippen molar-refractivity contribution in [3.63, 3.8) is 0 Å². The van der Waals surface area contributed by atoms with E-state index in [1.165, 1.54) is 24.3 Å². The summed E-state index contributed by atoms with van der Waals surface area (Å²) >= 11 is 0. The van der Waals surface area contributed by atoms with Crippen LogP contribution < -0.4 is 14.8 Å². The van der Waals surface area contributed by atoms with Crippen LogP contribution in [0.15, 0.2) is 42.5 Å². The number of nitrogens with zero attached hydrogens (tertiary/aromatic N) is 1. The molecular formula is C15H12N2O5. The lowest BCUT2D eigenvalue weighted by molar-refractivity contribution is -0.384. The number of nitro groups is 1. The van der Waals surface area contributed by atoms with Gasteiger partial charge in [-0.15, -0.1) is 0 Å². The molecule has 7 heteroatoms. The van der Waals surface area contributed by atoms with Crippen molar-refractivity contribution in [1.29, 1.82) is 0 Å². The van der Waals surface area contributed by atoms with Gasteiger partial charge >= 0.3 is 0 Å². The molecule has 2 aromatic carbocycles. The fraction of sp³-hybridized carbons (Fsp3) is 0.133. The molecule has 1 heterocycles. The second kappa shape index (κ2) is 5.72. The van der Waals surface area contributed by atoms with Gasteiger partial charge < -0.3 is 14.8 Å². The van der Waals surface area contributed by atoms with E-state index in [2.05, 4.69) is 5.32 Å². The predicted octanol–water partition coefficient (Wildman–Crippen LogP) is 2.25. The zero-order valence-electron chi connectivity index (χ0n) is 11.4. The fourth-order valence-electron chi connectivity index (χ4n) is 2.07. The van der Waals surface area contributed by atoms with Gasteiger partial charge in [-0.25, -0.2) is 0 Å². The summed E-state index contributed by atoms with van der Waals surface area (Å²) in [5, 5.41) is 13.3. The summed E-state index contributed by atoms with van der Waals surface area (Å²) in [6, 6.07) is 10.9. The quantitative estimate of drug-likeness (QED) is 0.690. The van der Waals surface area contributed by atoms with Crippen LogP contribution in [0.4, 0.5) is 5.69 Å². The summed E-state index contributed by atoms with van der Waals surface area (Å²) in [4.78, 5) is 22.1. The van der Waals surface area contributed by atoms with E-state index >= 15 is 0 Å². The second-order valence-corrected chi connectivity index (χ2v) is 4.67. The van der Waals surface area contributed by atoms with E-state index in [4.69, 9.17) is 9.47 Å². The molecule has 0 aromatic heterocycles. The van der Waals surface area contributed by atoms with Crippen molar-refractivity contribution in [2.75, 3.05) is 6.79 Å². The van der Waals surface area contributed by atoms with E-state index in [0.717, 1.165) is 5.56 Å². The first-order valence-corrected chi connectivity index (χ1v) is 6.54. The van der Waals surface area contributed by atoms with Crippen molar-refractivity contribution in [3.05, 3.63) is 63.7 Å². The van der Waals surface area contributed by atoms with Crippen molar-refractivity contribution >= 4 is 11.6 Å². The lowest BCUT2D eigenvalue weighted by Crippen LogP contribution is -2.22. The Hall–Kier alpha value is -3.09. The van der Waals surface area contributed by atoms with Crippen molar-refractivity contribution in [3.8, 4) is 11.5 Å². The summed E-state index contributed by atoms with van der Waals surface area (Å²) in [5.74, 6) is 1.04. The van der Waals surface area contributed by atoms with Gasteiger partial charge in [0.05, 0.1) is 4.92 Å². The molecule has 0 fully saturated rings. The number of amides is 1. The molecule has 1 N–H and O–H groups in total. The highest BCUT2D eigenvalue weighted by atomic mass is 16.7. The van der Waals surface area contributed by atoms with Gasteiger partial charge in [-0.05, 0) is 29.8 Å². The smallest absolute Gasteiger partial charge is 0.269 e. The molecule has 0 bridgehead atoms. The van der Waals surface area contributed by atoms with Crippen LogP contribution in [-0.4, -0.2) is 17.6 Å². The van der Waals surface area contributed by atoms with Gasteiger partial charge in [0.1, 0.15) is 0 Å². The third kappa shape index (κ3) is 2.83. The van der Waals surface area contributed by atoms with Crippen molar-refractivity contribution in [2.24, 2.45) is 0 Å².